The minimum atomic E-state index is 0. The van der Waals surface area contributed by atoms with Crippen LogP contribution in [0, 0.1) is 40.5 Å². The van der Waals surface area contributed by atoms with Gasteiger partial charge in [0.25, 0.3) is 0 Å². The lowest BCUT2D eigenvalue weighted by Crippen LogP contribution is -2.21. The van der Waals surface area contributed by atoms with Crippen LogP contribution in [-0.2, 0) is 0 Å². The van der Waals surface area contributed by atoms with Crippen molar-refractivity contribution in [2.24, 2.45) is 5.92 Å². The van der Waals surface area contributed by atoms with Crippen LogP contribution in [0.1, 0.15) is 66.7 Å². The van der Waals surface area contributed by atoms with Gasteiger partial charge in [-0.25, -0.2) is 4.98 Å². The molecule has 0 radical (unpaired) electrons. The van der Waals surface area contributed by atoms with E-state index in [1.165, 1.54) is 64.5 Å². The fourth-order valence-electron chi connectivity index (χ4n) is 5.77. The molecule has 4 nitrogen and oxygen atoms in total. The van der Waals surface area contributed by atoms with Crippen molar-refractivity contribution in [2.75, 3.05) is 0 Å². The average molecular weight is 437 g/mol. The van der Waals surface area contributed by atoms with Crippen molar-refractivity contribution in [3.8, 4) is 11.1 Å². The summed E-state index contributed by atoms with van der Waals surface area (Å²) < 4.78 is 4.61. The van der Waals surface area contributed by atoms with E-state index < -0.39 is 0 Å². The first-order valence-corrected chi connectivity index (χ1v) is 11.3. The monoisotopic (exact) mass is 436 g/mol. The Morgan fingerprint density at radius 1 is 0.903 bits per heavy atom. The molecule has 5 rings (SSSR count). The van der Waals surface area contributed by atoms with E-state index >= 15 is 0 Å². The summed E-state index contributed by atoms with van der Waals surface area (Å²) in [4.78, 5) is 5.07. The Morgan fingerprint density at radius 2 is 1.58 bits per heavy atom. The molecule has 4 aromatic rings. The summed E-state index contributed by atoms with van der Waals surface area (Å²) in [6.07, 6.45) is 7.49. The van der Waals surface area contributed by atoms with Gasteiger partial charge >= 0.3 is 0 Å². The number of rotatable bonds is 2. The standard InChI is InChI=1S/C26H32N4.ClH/c1-15-13-17(3)23(18(4)14-15)24-20(6)28-30-25(24)27-19(5)21-11-12-29(26(21)30)22-10-8-7-9-16(22)2;/h11-14,16,22H,7-10H2,1-6H3;1H. The molecule has 1 saturated carbocycles. The summed E-state index contributed by atoms with van der Waals surface area (Å²) in [5, 5.41) is 6.26. The number of hydrogen-bond donors (Lipinski definition) is 0. The maximum Gasteiger partial charge on any atom is 0.165 e. The van der Waals surface area contributed by atoms with Gasteiger partial charge in [0, 0.05) is 17.6 Å². The SMILES string of the molecule is Cc1cc(C)c(-c2c(C)nn3c2nc(C)c2ccn(C4CCCCC4C)c23)c(C)c1.Cl. The van der Waals surface area contributed by atoms with Gasteiger partial charge in [-0.15, -0.1) is 12.4 Å². The second-order valence-corrected chi connectivity index (χ2v) is 9.46. The first-order valence-electron chi connectivity index (χ1n) is 11.3. The normalized spacial score (nSPS) is 19.2. The molecule has 1 aromatic carbocycles. The Morgan fingerprint density at radius 3 is 2.26 bits per heavy atom. The highest BCUT2D eigenvalue weighted by atomic mass is 35.5. The summed E-state index contributed by atoms with van der Waals surface area (Å²) >= 11 is 0. The summed E-state index contributed by atoms with van der Waals surface area (Å²) in [5.41, 5.74) is 10.7. The number of aromatic nitrogens is 4. The molecule has 1 fully saturated rings. The summed E-state index contributed by atoms with van der Waals surface area (Å²) in [6.45, 7) is 13.2. The van der Waals surface area contributed by atoms with E-state index in [0.29, 0.717) is 12.0 Å². The number of aryl methyl sites for hydroxylation is 5. The van der Waals surface area contributed by atoms with E-state index in [9.17, 15) is 0 Å². The Bertz CT molecular complexity index is 1260. The van der Waals surface area contributed by atoms with Crippen LogP contribution < -0.4 is 0 Å². The quantitative estimate of drug-likeness (QED) is 0.337. The highest BCUT2D eigenvalue weighted by molar-refractivity contribution is 5.89. The smallest absolute Gasteiger partial charge is 0.165 e. The molecular formula is C26H33ClN4. The van der Waals surface area contributed by atoms with Gasteiger partial charge in [0.2, 0.25) is 0 Å². The summed E-state index contributed by atoms with van der Waals surface area (Å²) in [7, 11) is 0. The third-order valence-corrected chi connectivity index (χ3v) is 7.14. The average Bonchev–Trinajstić information content (AvgIpc) is 3.24. The zero-order valence-corrected chi connectivity index (χ0v) is 20.3. The third-order valence-electron chi connectivity index (χ3n) is 7.14. The van der Waals surface area contributed by atoms with E-state index in [0.717, 1.165) is 17.0 Å². The van der Waals surface area contributed by atoms with Gasteiger partial charge < -0.3 is 4.57 Å². The van der Waals surface area contributed by atoms with E-state index in [1.54, 1.807) is 0 Å². The van der Waals surface area contributed by atoms with Crippen LogP contribution in [-0.4, -0.2) is 19.2 Å². The molecule has 5 heteroatoms. The maximum absolute atomic E-state index is 5.07. The van der Waals surface area contributed by atoms with Crippen LogP contribution in [0.25, 0.3) is 27.8 Å². The van der Waals surface area contributed by atoms with Crippen molar-refractivity contribution in [3.05, 3.63) is 52.5 Å². The van der Waals surface area contributed by atoms with Crippen molar-refractivity contribution in [2.45, 2.75) is 73.3 Å². The minimum Gasteiger partial charge on any atom is -0.329 e. The maximum atomic E-state index is 5.07. The highest BCUT2D eigenvalue weighted by Crippen LogP contribution is 2.39. The molecule has 2 atom stereocenters. The predicted molar refractivity (Wildman–Crippen MR) is 132 cm³/mol. The molecule has 31 heavy (non-hydrogen) atoms. The van der Waals surface area contributed by atoms with Crippen LogP contribution in [0.5, 0.6) is 0 Å². The van der Waals surface area contributed by atoms with Crippen LogP contribution in [0.2, 0.25) is 0 Å². The van der Waals surface area contributed by atoms with Gasteiger partial charge in [-0.3, -0.25) is 0 Å². The number of nitrogens with zero attached hydrogens (tertiary/aromatic N) is 4. The molecule has 0 aliphatic heterocycles. The van der Waals surface area contributed by atoms with E-state index in [2.05, 4.69) is 75.0 Å². The van der Waals surface area contributed by atoms with E-state index in [1.807, 2.05) is 0 Å². The van der Waals surface area contributed by atoms with Crippen molar-refractivity contribution in [3.63, 3.8) is 0 Å². The molecule has 0 N–H and O–H groups in total. The molecule has 3 heterocycles. The van der Waals surface area contributed by atoms with E-state index in [4.69, 9.17) is 10.1 Å². The van der Waals surface area contributed by atoms with Gasteiger partial charge in [0.1, 0.15) is 5.65 Å². The predicted octanol–water partition coefficient (Wildman–Crippen LogP) is 7.07. The van der Waals surface area contributed by atoms with Crippen LogP contribution in [0.3, 0.4) is 0 Å². The molecular weight excluding hydrogens is 404 g/mol. The molecule has 0 bridgehead atoms. The lowest BCUT2D eigenvalue weighted by Gasteiger charge is -2.30. The lowest BCUT2D eigenvalue weighted by molar-refractivity contribution is 0.261. The first kappa shape index (κ1) is 21.9. The van der Waals surface area contributed by atoms with Gasteiger partial charge in [0.05, 0.1) is 17.0 Å². The fourth-order valence-corrected chi connectivity index (χ4v) is 5.77. The summed E-state index contributed by atoms with van der Waals surface area (Å²) in [6, 6.07) is 7.31. The van der Waals surface area contributed by atoms with Gasteiger partial charge in [-0.05, 0) is 76.1 Å². The van der Waals surface area contributed by atoms with Crippen LogP contribution >= 0.6 is 12.4 Å². The Balaban J connectivity index is 0.00000231. The molecule has 164 valence electrons. The number of halogens is 1. The van der Waals surface area contributed by atoms with E-state index in [-0.39, 0.29) is 12.4 Å². The zero-order chi connectivity index (χ0) is 21.2. The Kier molecular flexibility index (Phi) is 5.63. The van der Waals surface area contributed by atoms with Crippen molar-refractivity contribution in [1.82, 2.24) is 19.2 Å². The topological polar surface area (TPSA) is 35.1 Å². The molecule has 0 saturated heterocycles. The lowest BCUT2D eigenvalue weighted by atomic mass is 9.86. The van der Waals surface area contributed by atoms with Gasteiger partial charge in [-0.2, -0.15) is 9.61 Å². The van der Waals surface area contributed by atoms with Crippen molar-refractivity contribution in [1.29, 1.82) is 0 Å². The zero-order valence-electron chi connectivity index (χ0n) is 19.5. The number of hydrogen-bond acceptors (Lipinski definition) is 2. The second kappa shape index (κ2) is 7.98. The fraction of sp³-hybridized carbons (Fsp3) is 0.462. The Hall–Kier alpha value is -2.33. The molecule has 3 aromatic heterocycles. The van der Waals surface area contributed by atoms with Gasteiger partial charge in [-0.1, -0.05) is 37.5 Å². The van der Waals surface area contributed by atoms with Crippen molar-refractivity contribution >= 4 is 29.1 Å². The minimum absolute atomic E-state index is 0. The Labute approximate surface area is 191 Å². The van der Waals surface area contributed by atoms with Crippen LogP contribution in [0.4, 0.5) is 0 Å². The molecule has 0 spiro atoms. The largest absolute Gasteiger partial charge is 0.329 e. The second-order valence-electron chi connectivity index (χ2n) is 9.46. The van der Waals surface area contributed by atoms with Gasteiger partial charge in [0.15, 0.2) is 5.65 Å². The molecule has 1 aliphatic rings. The molecule has 0 amide bonds. The van der Waals surface area contributed by atoms with Crippen molar-refractivity contribution < 1.29 is 0 Å². The number of fused-ring (bicyclic) bond motifs is 3. The third kappa shape index (κ3) is 3.36. The van der Waals surface area contributed by atoms with Crippen LogP contribution in [0.15, 0.2) is 24.4 Å². The molecule has 2 unspecified atom stereocenters. The summed E-state index contributed by atoms with van der Waals surface area (Å²) in [5.74, 6) is 0.690. The number of benzene rings is 1. The highest BCUT2D eigenvalue weighted by Gasteiger charge is 2.27. The first-order chi connectivity index (χ1) is 14.4. The molecule has 1 aliphatic carbocycles.